The maximum absolute atomic E-state index is 11.5. The highest BCUT2D eigenvalue weighted by Crippen LogP contribution is 2.48. The van der Waals surface area contributed by atoms with Crippen molar-refractivity contribution in [2.45, 2.75) is 31.2 Å². The molecule has 7 nitrogen and oxygen atoms in total. The van der Waals surface area contributed by atoms with Gasteiger partial charge in [0.25, 0.3) is 0 Å². The second-order valence-electron chi connectivity index (χ2n) is 8.07. The van der Waals surface area contributed by atoms with Crippen LogP contribution in [0.3, 0.4) is 0 Å². The van der Waals surface area contributed by atoms with E-state index in [9.17, 15) is 8.42 Å². The molecular weight excluding hydrogens is 388 g/mol. The van der Waals surface area contributed by atoms with Gasteiger partial charge < -0.3 is 14.6 Å². The van der Waals surface area contributed by atoms with Crippen LogP contribution in [0.2, 0.25) is 0 Å². The third kappa shape index (κ3) is 3.40. The Hall–Kier alpha value is -2.45. The van der Waals surface area contributed by atoms with Gasteiger partial charge in [0.1, 0.15) is 16.5 Å². The second kappa shape index (κ2) is 7.11. The number of morpholine rings is 1. The summed E-state index contributed by atoms with van der Waals surface area (Å²) in [5.74, 6) is 1.64. The Labute approximate surface area is 171 Å². The molecule has 1 N–H and O–H groups in total. The first-order valence-electron chi connectivity index (χ1n) is 9.98. The molecule has 2 fully saturated rings. The van der Waals surface area contributed by atoms with E-state index in [4.69, 9.17) is 14.7 Å². The quantitative estimate of drug-likeness (QED) is 0.626. The molecule has 3 aromatic rings. The first-order chi connectivity index (χ1) is 14.1. The van der Waals surface area contributed by atoms with E-state index in [-0.39, 0.29) is 17.2 Å². The zero-order chi connectivity index (χ0) is 20.0. The summed E-state index contributed by atoms with van der Waals surface area (Å²) in [5.41, 5.74) is 2.45. The molecule has 1 saturated heterocycles. The number of aromatic nitrogens is 3. The van der Waals surface area contributed by atoms with Gasteiger partial charge in [-0.15, -0.1) is 0 Å². The third-order valence-electron chi connectivity index (χ3n) is 6.04. The molecule has 2 aliphatic rings. The topological polar surface area (TPSA) is 88.2 Å². The molecule has 0 radical (unpaired) electrons. The SMILES string of the molecule is C[C@@H]1COCCN1c1cc(C2(C[SH](=O)=O)CC2)nc(-c2cccc3[nH]ccc23)n1. The first kappa shape index (κ1) is 18.6. The van der Waals surface area contributed by atoms with E-state index < -0.39 is 10.7 Å². The van der Waals surface area contributed by atoms with Crippen LogP contribution in [0.1, 0.15) is 25.5 Å². The number of anilines is 1. The molecule has 0 unspecified atom stereocenters. The van der Waals surface area contributed by atoms with E-state index in [1.807, 2.05) is 36.5 Å². The van der Waals surface area contributed by atoms with E-state index in [2.05, 4.69) is 16.8 Å². The van der Waals surface area contributed by atoms with Crippen LogP contribution in [-0.4, -0.2) is 54.9 Å². The van der Waals surface area contributed by atoms with Gasteiger partial charge >= 0.3 is 0 Å². The molecule has 1 aliphatic carbocycles. The van der Waals surface area contributed by atoms with Crippen molar-refractivity contribution in [3.63, 3.8) is 0 Å². The minimum Gasteiger partial charge on any atom is -0.377 e. The summed E-state index contributed by atoms with van der Waals surface area (Å²) < 4.78 is 28.6. The lowest BCUT2D eigenvalue weighted by Crippen LogP contribution is -2.44. The Morgan fingerprint density at radius 3 is 2.90 bits per heavy atom. The van der Waals surface area contributed by atoms with Crippen molar-refractivity contribution in [2.24, 2.45) is 0 Å². The standard InChI is InChI=1S/C21H24N4O3S/c1-14-12-28-10-9-25(14)19-11-18(21(6-7-21)13-29(26)27)23-20(24-19)16-3-2-4-17-15(16)5-8-22-17/h2-5,8,11,14,22,29H,6-7,9-10,12-13H2,1H3/t14-/m1/s1. The van der Waals surface area contributed by atoms with Gasteiger partial charge in [0, 0.05) is 40.7 Å². The number of nitrogens with zero attached hydrogens (tertiary/aromatic N) is 3. The summed E-state index contributed by atoms with van der Waals surface area (Å²) >= 11 is 0. The van der Waals surface area contributed by atoms with E-state index in [1.165, 1.54) is 0 Å². The zero-order valence-electron chi connectivity index (χ0n) is 16.3. The van der Waals surface area contributed by atoms with Crippen molar-refractivity contribution < 1.29 is 13.2 Å². The summed E-state index contributed by atoms with van der Waals surface area (Å²) in [5, 5.41) is 1.06. The lowest BCUT2D eigenvalue weighted by molar-refractivity contribution is 0.0985. The number of aromatic amines is 1. The number of hydrogen-bond acceptors (Lipinski definition) is 6. The van der Waals surface area contributed by atoms with Gasteiger partial charge in [-0.3, -0.25) is 0 Å². The number of nitrogens with one attached hydrogen (secondary N) is 1. The number of ether oxygens (including phenoxy) is 1. The average molecular weight is 413 g/mol. The van der Waals surface area contributed by atoms with Gasteiger partial charge in [-0.25, -0.2) is 18.4 Å². The predicted molar refractivity (Wildman–Crippen MR) is 113 cm³/mol. The van der Waals surface area contributed by atoms with Crippen molar-refractivity contribution in [2.75, 3.05) is 30.4 Å². The van der Waals surface area contributed by atoms with Crippen LogP contribution >= 0.6 is 0 Å². The maximum atomic E-state index is 11.5. The minimum absolute atomic E-state index is 0.144. The van der Waals surface area contributed by atoms with Gasteiger partial charge in [-0.2, -0.15) is 0 Å². The number of benzene rings is 1. The molecule has 1 atom stereocenters. The third-order valence-corrected chi connectivity index (χ3v) is 6.90. The number of thiol groups is 1. The lowest BCUT2D eigenvalue weighted by atomic mass is 10.0. The fourth-order valence-corrected chi connectivity index (χ4v) is 5.19. The van der Waals surface area contributed by atoms with Crippen LogP contribution in [0, 0.1) is 0 Å². The number of H-pyrrole nitrogens is 1. The Kier molecular flexibility index (Phi) is 4.55. The fourth-order valence-electron chi connectivity index (χ4n) is 4.21. The summed E-state index contributed by atoms with van der Waals surface area (Å²) in [7, 11) is -2.47. The Bertz CT molecular complexity index is 1130. The molecule has 1 aromatic carbocycles. The van der Waals surface area contributed by atoms with Crippen LogP contribution in [-0.2, 0) is 20.9 Å². The summed E-state index contributed by atoms with van der Waals surface area (Å²) in [6, 6.07) is 10.3. The molecular formula is C21H24N4O3S. The largest absolute Gasteiger partial charge is 0.377 e. The normalized spacial score (nSPS) is 21.0. The van der Waals surface area contributed by atoms with Crippen molar-refractivity contribution >= 4 is 27.4 Å². The maximum Gasteiger partial charge on any atom is 0.162 e. The van der Waals surface area contributed by atoms with Crippen LogP contribution in [0.4, 0.5) is 5.82 Å². The molecule has 1 saturated carbocycles. The van der Waals surface area contributed by atoms with Crippen LogP contribution < -0.4 is 4.90 Å². The van der Waals surface area contributed by atoms with Crippen molar-refractivity contribution in [1.82, 2.24) is 15.0 Å². The summed E-state index contributed by atoms with van der Waals surface area (Å²) in [6.45, 7) is 4.19. The number of hydrogen-bond donors (Lipinski definition) is 2. The van der Waals surface area contributed by atoms with Gasteiger partial charge in [-0.1, -0.05) is 12.1 Å². The molecule has 29 heavy (non-hydrogen) atoms. The van der Waals surface area contributed by atoms with Gasteiger partial charge in [0.2, 0.25) is 0 Å². The monoisotopic (exact) mass is 412 g/mol. The van der Waals surface area contributed by atoms with Crippen molar-refractivity contribution in [1.29, 1.82) is 0 Å². The molecule has 0 spiro atoms. The highest BCUT2D eigenvalue weighted by molar-refractivity contribution is 7.72. The van der Waals surface area contributed by atoms with Crippen molar-refractivity contribution in [3.8, 4) is 11.4 Å². The number of rotatable bonds is 5. The molecule has 1 aliphatic heterocycles. The van der Waals surface area contributed by atoms with Crippen LogP contribution in [0.15, 0.2) is 36.5 Å². The molecule has 5 rings (SSSR count). The highest BCUT2D eigenvalue weighted by atomic mass is 32.2. The van der Waals surface area contributed by atoms with E-state index >= 15 is 0 Å². The van der Waals surface area contributed by atoms with E-state index in [0.29, 0.717) is 19.0 Å². The zero-order valence-corrected chi connectivity index (χ0v) is 17.2. The summed E-state index contributed by atoms with van der Waals surface area (Å²) in [4.78, 5) is 15.3. The van der Waals surface area contributed by atoms with Gasteiger partial charge in [0.15, 0.2) is 5.82 Å². The Morgan fingerprint density at radius 1 is 1.28 bits per heavy atom. The smallest absolute Gasteiger partial charge is 0.162 e. The molecule has 3 heterocycles. The Balaban J connectivity index is 1.67. The predicted octanol–water partition coefficient (Wildman–Crippen LogP) is 2.49. The summed E-state index contributed by atoms with van der Waals surface area (Å²) in [6.07, 6.45) is 3.60. The minimum atomic E-state index is -2.47. The van der Waals surface area contributed by atoms with Crippen LogP contribution in [0.5, 0.6) is 0 Å². The van der Waals surface area contributed by atoms with Crippen LogP contribution in [0.25, 0.3) is 22.3 Å². The van der Waals surface area contributed by atoms with Gasteiger partial charge in [-0.05, 0) is 31.9 Å². The van der Waals surface area contributed by atoms with Crippen molar-refractivity contribution in [3.05, 3.63) is 42.2 Å². The Morgan fingerprint density at radius 2 is 2.14 bits per heavy atom. The number of fused-ring (bicyclic) bond motifs is 1. The molecule has 8 heteroatoms. The van der Waals surface area contributed by atoms with Gasteiger partial charge in [0.05, 0.1) is 30.7 Å². The van der Waals surface area contributed by atoms with E-state index in [0.717, 1.165) is 47.4 Å². The highest BCUT2D eigenvalue weighted by Gasteiger charge is 2.47. The average Bonchev–Trinajstić information content (AvgIpc) is 3.32. The fraction of sp³-hybridized carbons (Fsp3) is 0.429. The van der Waals surface area contributed by atoms with E-state index in [1.54, 1.807) is 0 Å². The second-order valence-corrected chi connectivity index (χ2v) is 9.05. The lowest BCUT2D eigenvalue weighted by Gasteiger charge is -2.34. The molecule has 152 valence electrons. The molecule has 0 amide bonds. The molecule has 2 aromatic heterocycles. The first-order valence-corrected chi connectivity index (χ1v) is 11.3. The molecule has 0 bridgehead atoms.